The molecular weight excluding hydrogens is 254 g/mol. The number of likely N-dealkylation sites (N-methyl/N-ethyl adjacent to an activating group) is 1. The van der Waals surface area contributed by atoms with E-state index in [-0.39, 0.29) is 11.9 Å². The molecule has 1 fully saturated rings. The van der Waals surface area contributed by atoms with Crippen LogP contribution in [0.2, 0.25) is 0 Å². The summed E-state index contributed by atoms with van der Waals surface area (Å²) >= 11 is 0. The molecule has 0 radical (unpaired) electrons. The molecule has 2 heterocycles. The van der Waals surface area contributed by atoms with E-state index in [1.165, 1.54) is 6.33 Å². The van der Waals surface area contributed by atoms with Gasteiger partial charge in [0, 0.05) is 18.5 Å². The minimum atomic E-state index is -0.0520. The van der Waals surface area contributed by atoms with Crippen LogP contribution in [0.15, 0.2) is 24.5 Å². The van der Waals surface area contributed by atoms with Gasteiger partial charge in [0.1, 0.15) is 12.1 Å². The summed E-state index contributed by atoms with van der Waals surface area (Å²) in [4.78, 5) is 22.1. The third-order valence-electron chi connectivity index (χ3n) is 3.75. The molecule has 0 spiro atoms. The van der Waals surface area contributed by atoms with Crippen LogP contribution in [0.1, 0.15) is 12.0 Å². The Morgan fingerprint density at radius 3 is 3.05 bits per heavy atom. The molecule has 1 amide bonds. The molecular formula is C14H17N5O. The Labute approximate surface area is 117 Å². The highest BCUT2D eigenvalue weighted by atomic mass is 16.2. The van der Waals surface area contributed by atoms with Crippen molar-refractivity contribution < 1.29 is 4.79 Å². The van der Waals surface area contributed by atoms with Crippen molar-refractivity contribution in [3.05, 3.63) is 30.1 Å². The minimum Gasteiger partial charge on any atom is -0.383 e. The largest absolute Gasteiger partial charge is 0.383 e. The number of nitrogens with one attached hydrogen (secondary N) is 1. The number of nitrogens with zero attached hydrogens (tertiary/aromatic N) is 3. The quantitative estimate of drug-likeness (QED) is 0.851. The van der Waals surface area contributed by atoms with Gasteiger partial charge in [-0.3, -0.25) is 4.79 Å². The SMILES string of the molecule is CN[C@H]1CCN(Cc2ccc3ncnc(N)c3c2)C1=O. The highest BCUT2D eigenvalue weighted by Gasteiger charge is 2.29. The number of likely N-dealkylation sites (tertiary alicyclic amines) is 1. The molecule has 1 atom stereocenters. The van der Waals surface area contributed by atoms with Gasteiger partial charge in [0.2, 0.25) is 5.91 Å². The predicted molar refractivity (Wildman–Crippen MR) is 76.8 cm³/mol. The second-order valence-electron chi connectivity index (χ2n) is 5.00. The van der Waals surface area contributed by atoms with Crippen molar-refractivity contribution in [3.63, 3.8) is 0 Å². The molecule has 1 saturated heterocycles. The summed E-state index contributed by atoms with van der Waals surface area (Å²) in [5.74, 6) is 0.627. The number of amides is 1. The number of nitrogen functional groups attached to an aromatic ring is 1. The maximum absolute atomic E-state index is 12.1. The Morgan fingerprint density at radius 2 is 2.30 bits per heavy atom. The normalized spacial score (nSPS) is 18.9. The number of rotatable bonds is 3. The van der Waals surface area contributed by atoms with Crippen molar-refractivity contribution in [1.82, 2.24) is 20.2 Å². The Morgan fingerprint density at radius 1 is 1.45 bits per heavy atom. The zero-order chi connectivity index (χ0) is 14.1. The van der Waals surface area contributed by atoms with Gasteiger partial charge < -0.3 is 16.0 Å². The first-order chi connectivity index (χ1) is 9.69. The van der Waals surface area contributed by atoms with Crippen LogP contribution in [0.5, 0.6) is 0 Å². The van der Waals surface area contributed by atoms with E-state index in [0.29, 0.717) is 12.4 Å². The smallest absolute Gasteiger partial charge is 0.240 e. The molecule has 104 valence electrons. The molecule has 1 aromatic heterocycles. The van der Waals surface area contributed by atoms with Gasteiger partial charge in [0.05, 0.1) is 11.6 Å². The molecule has 6 nitrogen and oxygen atoms in total. The van der Waals surface area contributed by atoms with Crippen molar-refractivity contribution in [1.29, 1.82) is 0 Å². The Balaban J connectivity index is 1.85. The van der Waals surface area contributed by atoms with Crippen LogP contribution >= 0.6 is 0 Å². The fraction of sp³-hybridized carbons (Fsp3) is 0.357. The van der Waals surface area contributed by atoms with E-state index < -0.39 is 0 Å². The lowest BCUT2D eigenvalue weighted by Crippen LogP contribution is -2.35. The van der Waals surface area contributed by atoms with Crippen LogP contribution in [-0.2, 0) is 11.3 Å². The summed E-state index contributed by atoms with van der Waals surface area (Å²) in [6, 6.07) is 5.81. The summed E-state index contributed by atoms with van der Waals surface area (Å²) in [5.41, 5.74) is 7.73. The lowest BCUT2D eigenvalue weighted by atomic mass is 10.1. The lowest BCUT2D eigenvalue weighted by Gasteiger charge is -2.17. The van der Waals surface area contributed by atoms with Gasteiger partial charge in [-0.15, -0.1) is 0 Å². The zero-order valence-electron chi connectivity index (χ0n) is 11.3. The van der Waals surface area contributed by atoms with Crippen LogP contribution < -0.4 is 11.1 Å². The summed E-state index contributed by atoms with van der Waals surface area (Å²) in [6.45, 7) is 1.38. The van der Waals surface area contributed by atoms with E-state index in [1.54, 1.807) is 0 Å². The molecule has 1 aromatic carbocycles. The number of carbonyl (C=O) groups is 1. The molecule has 0 bridgehead atoms. The van der Waals surface area contributed by atoms with Gasteiger partial charge in [-0.05, 0) is 31.2 Å². The first-order valence-corrected chi connectivity index (χ1v) is 6.64. The van der Waals surface area contributed by atoms with Gasteiger partial charge in [0.25, 0.3) is 0 Å². The lowest BCUT2D eigenvalue weighted by molar-refractivity contribution is -0.129. The number of benzene rings is 1. The van der Waals surface area contributed by atoms with Crippen LogP contribution in [0.25, 0.3) is 10.9 Å². The number of anilines is 1. The third kappa shape index (κ3) is 2.18. The van der Waals surface area contributed by atoms with E-state index in [2.05, 4.69) is 15.3 Å². The molecule has 2 aromatic rings. The maximum Gasteiger partial charge on any atom is 0.240 e. The van der Waals surface area contributed by atoms with Crippen LogP contribution in [0, 0.1) is 0 Å². The Hall–Kier alpha value is -2.21. The van der Waals surface area contributed by atoms with Crippen molar-refractivity contribution in [2.45, 2.75) is 19.0 Å². The molecule has 3 N–H and O–H groups in total. The highest BCUT2D eigenvalue weighted by molar-refractivity contribution is 5.88. The molecule has 3 rings (SSSR count). The first-order valence-electron chi connectivity index (χ1n) is 6.64. The number of fused-ring (bicyclic) bond motifs is 1. The zero-order valence-corrected chi connectivity index (χ0v) is 11.3. The van der Waals surface area contributed by atoms with Gasteiger partial charge in [0.15, 0.2) is 0 Å². The monoisotopic (exact) mass is 271 g/mol. The first kappa shape index (κ1) is 12.8. The van der Waals surface area contributed by atoms with Crippen LogP contribution in [0.4, 0.5) is 5.82 Å². The molecule has 0 saturated carbocycles. The van der Waals surface area contributed by atoms with E-state index in [0.717, 1.165) is 29.4 Å². The number of carbonyl (C=O) groups excluding carboxylic acids is 1. The fourth-order valence-corrected chi connectivity index (χ4v) is 2.61. The Bertz CT molecular complexity index is 657. The molecule has 6 heteroatoms. The van der Waals surface area contributed by atoms with Gasteiger partial charge in [-0.1, -0.05) is 6.07 Å². The summed E-state index contributed by atoms with van der Waals surface area (Å²) in [5, 5.41) is 3.87. The van der Waals surface area contributed by atoms with E-state index >= 15 is 0 Å². The molecule has 0 aliphatic carbocycles. The number of hydrogen-bond acceptors (Lipinski definition) is 5. The maximum atomic E-state index is 12.1. The van der Waals surface area contributed by atoms with Gasteiger partial charge in [-0.25, -0.2) is 9.97 Å². The van der Waals surface area contributed by atoms with Crippen LogP contribution in [-0.4, -0.2) is 40.4 Å². The summed E-state index contributed by atoms with van der Waals surface area (Å²) in [6.07, 6.45) is 2.31. The minimum absolute atomic E-state index is 0.0520. The molecule has 20 heavy (non-hydrogen) atoms. The number of aromatic nitrogens is 2. The second kappa shape index (κ2) is 5.05. The molecule has 1 aliphatic heterocycles. The van der Waals surface area contributed by atoms with Crippen LogP contribution in [0.3, 0.4) is 0 Å². The predicted octanol–water partition coefficient (Wildman–Crippen LogP) is 0.532. The number of nitrogens with two attached hydrogens (primary N) is 1. The third-order valence-corrected chi connectivity index (χ3v) is 3.75. The van der Waals surface area contributed by atoms with Crippen molar-refractivity contribution in [2.24, 2.45) is 0 Å². The fourth-order valence-electron chi connectivity index (χ4n) is 2.61. The summed E-state index contributed by atoms with van der Waals surface area (Å²) in [7, 11) is 1.82. The second-order valence-corrected chi connectivity index (χ2v) is 5.00. The topological polar surface area (TPSA) is 84.1 Å². The summed E-state index contributed by atoms with van der Waals surface area (Å²) < 4.78 is 0. The van der Waals surface area contributed by atoms with E-state index in [9.17, 15) is 4.79 Å². The standard InChI is InChI=1S/C14H17N5O/c1-16-12-4-5-19(14(12)20)7-9-2-3-11-10(6-9)13(15)18-8-17-11/h2-3,6,8,12,16H,4-5,7H2,1H3,(H2,15,17,18)/t12-/m0/s1. The number of hydrogen-bond donors (Lipinski definition) is 2. The van der Waals surface area contributed by atoms with Crippen molar-refractivity contribution in [3.8, 4) is 0 Å². The average molecular weight is 271 g/mol. The van der Waals surface area contributed by atoms with E-state index in [1.807, 2.05) is 30.1 Å². The van der Waals surface area contributed by atoms with E-state index in [4.69, 9.17) is 5.73 Å². The van der Waals surface area contributed by atoms with Gasteiger partial charge >= 0.3 is 0 Å². The molecule has 0 unspecified atom stereocenters. The molecule has 1 aliphatic rings. The highest BCUT2D eigenvalue weighted by Crippen LogP contribution is 2.21. The average Bonchev–Trinajstić information content (AvgIpc) is 2.80. The van der Waals surface area contributed by atoms with Gasteiger partial charge in [-0.2, -0.15) is 0 Å². The van der Waals surface area contributed by atoms with Crippen molar-refractivity contribution >= 4 is 22.6 Å². The van der Waals surface area contributed by atoms with Crippen molar-refractivity contribution in [2.75, 3.05) is 19.3 Å². The Kier molecular flexibility index (Phi) is 3.23.